The van der Waals surface area contributed by atoms with Crippen molar-refractivity contribution in [3.63, 3.8) is 0 Å². The zero-order chi connectivity index (χ0) is 31.4. The van der Waals surface area contributed by atoms with Crippen molar-refractivity contribution in [3.05, 3.63) is 157 Å². The molecule has 2 aromatic carbocycles. The molecule has 8 rings (SSSR count). The lowest BCUT2D eigenvalue weighted by Gasteiger charge is -2.33. The zero-order valence-corrected chi connectivity index (χ0v) is 23.6. The number of hydrogen-bond acceptors (Lipinski definition) is 8. The van der Waals surface area contributed by atoms with Crippen LogP contribution in [-0.2, 0) is 0 Å². The van der Waals surface area contributed by atoms with Crippen LogP contribution in [-0.4, -0.2) is 19.9 Å². The molecule has 8 nitrogen and oxygen atoms in total. The maximum absolute atomic E-state index is 14.9. The Labute approximate surface area is 259 Å². The fraction of sp³-hybridized carbons (Fsp3) is 0. The second kappa shape index (κ2) is 10.7. The maximum atomic E-state index is 14.9. The number of fused-ring (bicyclic) bond motifs is 2. The van der Waals surface area contributed by atoms with Crippen LogP contribution in [0.15, 0.2) is 134 Å². The molecule has 0 spiro atoms. The molecular formula is C34H20F4N8. The van der Waals surface area contributed by atoms with Crippen LogP contribution in [0.25, 0.3) is 0 Å². The molecule has 2 aliphatic rings. The molecule has 0 amide bonds. The van der Waals surface area contributed by atoms with E-state index in [2.05, 4.69) is 19.9 Å². The number of aromatic nitrogens is 4. The number of benzene rings is 2. The van der Waals surface area contributed by atoms with Crippen molar-refractivity contribution in [2.24, 2.45) is 0 Å². The van der Waals surface area contributed by atoms with Crippen molar-refractivity contribution in [1.29, 1.82) is 0 Å². The van der Waals surface area contributed by atoms with Gasteiger partial charge in [-0.1, -0.05) is 24.3 Å². The van der Waals surface area contributed by atoms with Crippen molar-refractivity contribution in [3.8, 4) is 0 Å². The summed E-state index contributed by atoms with van der Waals surface area (Å²) in [7, 11) is 0. The van der Waals surface area contributed by atoms with Crippen molar-refractivity contribution in [1.82, 2.24) is 19.9 Å². The highest BCUT2D eigenvalue weighted by atomic mass is 19.1. The lowest BCUT2D eigenvalue weighted by atomic mass is 10.2. The van der Waals surface area contributed by atoms with E-state index in [0.717, 1.165) is 24.8 Å². The fourth-order valence-corrected chi connectivity index (χ4v) is 5.88. The molecule has 0 atom stereocenters. The predicted molar refractivity (Wildman–Crippen MR) is 165 cm³/mol. The van der Waals surface area contributed by atoms with Gasteiger partial charge in [-0.25, -0.2) is 17.6 Å². The van der Waals surface area contributed by atoms with Crippen molar-refractivity contribution < 1.29 is 17.6 Å². The van der Waals surface area contributed by atoms with E-state index < -0.39 is 23.3 Å². The Morgan fingerprint density at radius 1 is 0.348 bits per heavy atom. The molecule has 6 heterocycles. The van der Waals surface area contributed by atoms with E-state index in [4.69, 9.17) is 0 Å². The summed E-state index contributed by atoms with van der Waals surface area (Å²) in [6.07, 6.45) is 10.4. The average molecular weight is 617 g/mol. The summed E-state index contributed by atoms with van der Waals surface area (Å²) in [5.74, 6) is -1.64. The van der Waals surface area contributed by atoms with Gasteiger partial charge in [0, 0.05) is 24.3 Å². The van der Waals surface area contributed by atoms with Crippen LogP contribution in [0.5, 0.6) is 0 Å². The lowest BCUT2D eigenvalue weighted by molar-refractivity contribution is 0.620. The third kappa shape index (κ3) is 4.38. The minimum atomic E-state index is -0.586. The van der Waals surface area contributed by atoms with Crippen LogP contribution in [0.3, 0.4) is 0 Å². The molecule has 0 bridgehead atoms. The largest absolute Gasteiger partial charge is 0.289 e. The molecule has 0 unspecified atom stereocenters. The van der Waals surface area contributed by atoms with Crippen LogP contribution in [0.4, 0.5) is 63.1 Å². The number of para-hydroxylation sites is 4. The summed E-state index contributed by atoms with van der Waals surface area (Å²) in [6.45, 7) is 0. The van der Waals surface area contributed by atoms with E-state index in [1.165, 1.54) is 49.1 Å². The average Bonchev–Trinajstić information content (AvgIpc) is 3.58. The minimum Gasteiger partial charge on any atom is -0.289 e. The molecular weight excluding hydrogens is 596 g/mol. The Morgan fingerprint density at radius 2 is 0.587 bits per heavy atom. The van der Waals surface area contributed by atoms with E-state index >= 15 is 0 Å². The quantitative estimate of drug-likeness (QED) is 0.184. The van der Waals surface area contributed by atoms with Gasteiger partial charge >= 0.3 is 0 Å². The highest BCUT2D eigenvalue weighted by molar-refractivity contribution is 5.99. The third-order valence-electron chi connectivity index (χ3n) is 7.57. The second-order valence-electron chi connectivity index (χ2n) is 10.4. The monoisotopic (exact) mass is 616 g/mol. The van der Waals surface area contributed by atoms with E-state index in [0.29, 0.717) is 57.1 Å². The molecule has 0 saturated carbocycles. The molecule has 4 aromatic heterocycles. The SMILES string of the molecule is Fc1cncc(N2C(=C3N(c4cncc(F)c4)c4ccccc4N3c3cncc(F)c3)N(c3cncc(F)c3)c3ccccc32)c1. The maximum Gasteiger partial charge on any atom is 0.166 e. The Morgan fingerprint density at radius 3 is 0.804 bits per heavy atom. The van der Waals surface area contributed by atoms with E-state index in [1.807, 2.05) is 48.5 Å². The first-order valence-corrected chi connectivity index (χ1v) is 14.0. The molecule has 0 saturated heterocycles. The molecule has 2 aliphatic heterocycles. The number of rotatable bonds is 4. The van der Waals surface area contributed by atoms with Gasteiger partial charge < -0.3 is 0 Å². The number of nitrogens with zero attached hydrogens (tertiary/aromatic N) is 8. The van der Waals surface area contributed by atoms with Crippen molar-refractivity contribution >= 4 is 45.5 Å². The predicted octanol–water partition coefficient (Wildman–Crippen LogP) is 8.23. The summed E-state index contributed by atoms with van der Waals surface area (Å²) in [5.41, 5.74) is 3.78. The lowest BCUT2D eigenvalue weighted by Crippen LogP contribution is -2.33. The molecule has 12 heteroatoms. The van der Waals surface area contributed by atoms with Crippen molar-refractivity contribution in [2.45, 2.75) is 0 Å². The summed E-state index contributed by atoms with van der Waals surface area (Å²) in [4.78, 5) is 23.5. The molecule has 0 fully saturated rings. The first-order chi connectivity index (χ1) is 22.5. The van der Waals surface area contributed by atoms with Gasteiger partial charge in [0.25, 0.3) is 0 Å². The van der Waals surface area contributed by atoms with Gasteiger partial charge in [0.2, 0.25) is 0 Å². The van der Waals surface area contributed by atoms with Gasteiger partial charge in [-0.15, -0.1) is 0 Å². The summed E-state index contributed by atoms with van der Waals surface area (Å²) < 4.78 is 59.4. The Kier molecular flexibility index (Phi) is 6.34. The van der Waals surface area contributed by atoms with Gasteiger partial charge in [0.05, 0.1) is 95.1 Å². The Hall–Kier alpha value is -6.30. The highest BCUT2D eigenvalue weighted by Gasteiger charge is 2.44. The highest BCUT2D eigenvalue weighted by Crippen LogP contribution is 2.56. The zero-order valence-electron chi connectivity index (χ0n) is 23.6. The molecule has 224 valence electrons. The van der Waals surface area contributed by atoms with Crippen LogP contribution >= 0.6 is 0 Å². The third-order valence-corrected chi connectivity index (χ3v) is 7.57. The Balaban J connectivity index is 1.54. The second-order valence-corrected chi connectivity index (χ2v) is 10.4. The van der Waals surface area contributed by atoms with Gasteiger partial charge in [-0.2, -0.15) is 0 Å². The van der Waals surface area contributed by atoms with E-state index in [1.54, 1.807) is 19.6 Å². The fourth-order valence-electron chi connectivity index (χ4n) is 5.88. The van der Waals surface area contributed by atoms with Gasteiger partial charge in [0.1, 0.15) is 23.3 Å². The first-order valence-electron chi connectivity index (χ1n) is 14.0. The number of hydrogen-bond donors (Lipinski definition) is 0. The molecule has 0 aliphatic carbocycles. The van der Waals surface area contributed by atoms with E-state index in [9.17, 15) is 17.6 Å². The number of anilines is 8. The minimum absolute atomic E-state index is 0.340. The smallest absolute Gasteiger partial charge is 0.166 e. The molecule has 0 radical (unpaired) electrons. The van der Waals surface area contributed by atoms with Gasteiger partial charge in [-0.05, 0) is 24.3 Å². The normalized spacial score (nSPS) is 13.8. The van der Waals surface area contributed by atoms with Crippen LogP contribution in [0.2, 0.25) is 0 Å². The first kappa shape index (κ1) is 27.3. The molecule has 46 heavy (non-hydrogen) atoms. The standard InChI is InChI=1S/C34H20F4N8/c35-21-9-25(17-39-13-21)43-29-5-1-2-6-30(29)44(26-10-22(36)14-40-18-26)33(43)34-45(27-11-23(37)15-41-19-27)31-7-3-4-8-32(31)46(34)28-12-24(38)16-42-20-28/h1-20H. The molecule has 6 aromatic rings. The van der Waals surface area contributed by atoms with Crippen LogP contribution in [0, 0.1) is 23.3 Å². The topological polar surface area (TPSA) is 64.5 Å². The summed E-state index contributed by atoms with van der Waals surface area (Å²) in [5, 5.41) is 0. The summed E-state index contributed by atoms with van der Waals surface area (Å²) >= 11 is 0. The summed E-state index contributed by atoms with van der Waals surface area (Å²) in [6, 6.07) is 19.9. The van der Waals surface area contributed by atoms with Gasteiger partial charge in [0.15, 0.2) is 11.6 Å². The van der Waals surface area contributed by atoms with Crippen LogP contribution in [0.1, 0.15) is 0 Å². The van der Waals surface area contributed by atoms with Crippen molar-refractivity contribution in [2.75, 3.05) is 19.6 Å². The van der Waals surface area contributed by atoms with Crippen LogP contribution < -0.4 is 19.6 Å². The number of halogens is 4. The number of pyridine rings is 4. The van der Waals surface area contributed by atoms with E-state index in [-0.39, 0.29) is 0 Å². The van der Waals surface area contributed by atoms with Gasteiger partial charge in [-0.3, -0.25) is 39.5 Å². The Bertz CT molecular complexity index is 1870. The molecule has 0 N–H and O–H groups in total.